The number of carbonyl (C=O) groups is 1. The van der Waals surface area contributed by atoms with E-state index < -0.39 is 72.6 Å². The van der Waals surface area contributed by atoms with Gasteiger partial charge in [-0.2, -0.15) is 0 Å². The molecule has 6 rings (SSSR count). The fourth-order valence-corrected chi connectivity index (χ4v) is 12.2. The van der Waals surface area contributed by atoms with E-state index in [2.05, 4.69) is 61.5 Å². The van der Waals surface area contributed by atoms with Gasteiger partial charge >= 0.3 is 5.97 Å². The van der Waals surface area contributed by atoms with E-state index in [0.29, 0.717) is 25.7 Å². The highest BCUT2D eigenvalue weighted by Gasteiger charge is 2.72. The van der Waals surface area contributed by atoms with Gasteiger partial charge in [0.2, 0.25) is 0 Å². The Morgan fingerprint density at radius 3 is 2.24 bits per heavy atom. The van der Waals surface area contributed by atoms with Crippen LogP contribution in [0.25, 0.3) is 0 Å². The Labute approximate surface area is 273 Å². The van der Waals surface area contributed by atoms with E-state index in [9.17, 15) is 35.4 Å². The summed E-state index contributed by atoms with van der Waals surface area (Å²) >= 11 is 0. The maximum absolute atomic E-state index is 13.1. The van der Waals surface area contributed by atoms with Crippen molar-refractivity contribution in [2.24, 2.45) is 50.7 Å². The molecule has 0 spiro atoms. The molecule has 2 saturated heterocycles. The molecule has 3 saturated carbocycles. The Kier molecular flexibility index (Phi) is 8.46. The van der Waals surface area contributed by atoms with Crippen LogP contribution in [-0.2, 0) is 19.0 Å². The first kappa shape index (κ1) is 34.7. The molecule has 0 aromatic heterocycles. The first-order valence-corrected chi connectivity index (χ1v) is 17.5. The fourth-order valence-electron chi connectivity index (χ4n) is 12.2. The number of carbonyl (C=O) groups excluding carboxylic acids is 1. The van der Waals surface area contributed by atoms with E-state index in [0.717, 1.165) is 12.8 Å². The van der Waals surface area contributed by atoms with Crippen molar-refractivity contribution >= 4 is 5.97 Å². The molecule has 10 heteroatoms. The number of fused-ring (bicyclic) bond motifs is 7. The third-order valence-electron chi connectivity index (χ3n) is 14.8. The minimum absolute atomic E-state index is 0.0312. The van der Waals surface area contributed by atoms with Gasteiger partial charge in [-0.3, -0.25) is 4.79 Å². The monoisotopic (exact) mass is 650 g/mol. The molecule has 6 N–H and O–H groups in total. The Morgan fingerprint density at radius 1 is 0.935 bits per heavy atom. The van der Waals surface area contributed by atoms with Gasteiger partial charge in [-0.25, -0.2) is 0 Å². The van der Waals surface area contributed by atoms with Gasteiger partial charge in [-0.1, -0.05) is 67.0 Å². The Morgan fingerprint density at radius 2 is 1.61 bits per heavy atom. The van der Waals surface area contributed by atoms with Gasteiger partial charge in [0.05, 0.1) is 24.9 Å². The van der Waals surface area contributed by atoms with Crippen molar-refractivity contribution in [1.82, 2.24) is 0 Å². The molecule has 10 nitrogen and oxygen atoms in total. The summed E-state index contributed by atoms with van der Waals surface area (Å²) < 4.78 is 18.3. The number of allylic oxidation sites excluding steroid dienone is 2. The molecule has 46 heavy (non-hydrogen) atoms. The molecule has 0 unspecified atom stereocenters. The quantitative estimate of drug-likeness (QED) is 0.151. The smallest absolute Gasteiger partial charge is 0.306 e. The minimum atomic E-state index is -1.56. The number of hydrogen-bond acceptors (Lipinski definition) is 10. The molecule has 262 valence electrons. The highest BCUT2D eigenvalue weighted by Crippen LogP contribution is 2.73. The molecule has 0 amide bonds. The summed E-state index contributed by atoms with van der Waals surface area (Å²) in [6.45, 7) is 16.8. The molecular weight excluding hydrogens is 592 g/mol. The van der Waals surface area contributed by atoms with Gasteiger partial charge in [-0.15, -0.1) is 0 Å². The average Bonchev–Trinajstić information content (AvgIpc) is 2.97. The maximum atomic E-state index is 13.1. The van der Waals surface area contributed by atoms with Gasteiger partial charge in [0.1, 0.15) is 30.5 Å². The Balaban J connectivity index is 1.32. The summed E-state index contributed by atoms with van der Waals surface area (Å²) in [6, 6.07) is 0. The van der Waals surface area contributed by atoms with E-state index in [1.807, 2.05) is 0 Å². The van der Waals surface area contributed by atoms with E-state index in [4.69, 9.17) is 14.2 Å². The first-order valence-electron chi connectivity index (χ1n) is 17.5. The van der Waals surface area contributed by atoms with E-state index in [1.165, 1.54) is 5.57 Å². The molecule has 0 radical (unpaired) electrons. The molecule has 2 heterocycles. The highest BCUT2D eigenvalue weighted by atomic mass is 16.7. The van der Waals surface area contributed by atoms with Crippen molar-refractivity contribution in [2.75, 3.05) is 6.61 Å². The lowest BCUT2D eigenvalue weighted by Gasteiger charge is -2.71. The normalized spacial score (nSPS) is 54.9. The number of hydrogen-bond donors (Lipinski definition) is 6. The summed E-state index contributed by atoms with van der Waals surface area (Å²) in [5.74, 6) is 0.327. The van der Waals surface area contributed by atoms with Crippen LogP contribution in [0.15, 0.2) is 11.6 Å². The van der Waals surface area contributed by atoms with Crippen molar-refractivity contribution < 1.29 is 49.6 Å². The number of aliphatic hydroxyl groups excluding tert-OH is 6. The maximum Gasteiger partial charge on any atom is 0.306 e. The van der Waals surface area contributed by atoms with Gasteiger partial charge in [0.15, 0.2) is 6.29 Å². The summed E-state index contributed by atoms with van der Waals surface area (Å²) in [7, 11) is 0. The predicted octanol–water partition coefficient (Wildman–Crippen LogP) is 2.70. The van der Waals surface area contributed by atoms with Crippen molar-refractivity contribution in [2.45, 2.75) is 149 Å². The zero-order valence-electron chi connectivity index (χ0n) is 28.8. The third kappa shape index (κ3) is 4.53. The Bertz CT molecular complexity index is 1230. The number of esters is 1. The molecule has 6 aliphatic rings. The average molecular weight is 651 g/mol. The summed E-state index contributed by atoms with van der Waals surface area (Å²) in [4.78, 5) is 13.1. The SMILES string of the molecule is CC(C)[C@H]1CC(=O)O[C@@H]2[C@]1(C)[C@H](O)C[C@]1(C)[C@H]3CC[C@H]4C(C)(C)[C@@H](O[C@@H]5O[C@H](CO)[C@@H](O)[C@H](O)[C@H]5O)[C@H](O)C[C@]4(C)C3=CC[C@@]21C. The third-order valence-corrected chi connectivity index (χ3v) is 14.8. The van der Waals surface area contributed by atoms with Crippen LogP contribution in [0, 0.1) is 50.7 Å². The van der Waals surface area contributed by atoms with Crippen LogP contribution < -0.4 is 0 Å². The number of aliphatic hydroxyl groups is 6. The van der Waals surface area contributed by atoms with Crippen LogP contribution in [0.2, 0.25) is 0 Å². The van der Waals surface area contributed by atoms with E-state index in [-0.39, 0.29) is 45.9 Å². The van der Waals surface area contributed by atoms with Crippen LogP contribution in [0.4, 0.5) is 0 Å². The molecule has 4 aliphatic carbocycles. The van der Waals surface area contributed by atoms with Crippen molar-refractivity contribution in [3.8, 4) is 0 Å². The second-order valence-corrected chi connectivity index (χ2v) is 17.7. The fraction of sp³-hybridized carbons (Fsp3) is 0.917. The molecule has 0 aromatic rings. The van der Waals surface area contributed by atoms with E-state index in [1.54, 1.807) is 0 Å². The van der Waals surface area contributed by atoms with Crippen molar-refractivity contribution in [3.05, 3.63) is 11.6 Å². The lowest BCUT2D eigenvalue weighted by molar-refractivity contribution is -0.336. The second-order valence-electron chi connectivity index (χ2n) is 17.7. The topological polar surface area (TPSA) is 166 Å². The zero-order chi connectivity index (χ0) is 33.9. The second kappa shape index (κ2) is 11.2. The van der Waals surface area contributed by atoms with Crippen LogP contribution in [-0.4, -0.2) is 98.3 Å². The standard InChI is InChI=1S/C36H58O10/c1-17(2)20-13-25(40)45-31-34(6)12-11-18-19(35(34,7)15-24(39)36(20,31)8)9-10-23-32(3,4)29(21(38)14-33(18,23)5)46-30-28(43)27(42)26(41)22(16-37)44-30/h11,17,19-24,26-31,37-39,41-43H,9-10,12-16H2,1-8H3/t19-,20+,21+,22+,23-,24+,26+,27-,28+,29-,30-,31-,33+,34-,35+,36-/m0/s1. The van der Waals surface area contributed by atoms with Gasteiger partial charge in [0.25, 0.3) is 0 Å². The van der Waals surface area contributed by atoms with Crippen molar-refractivity contribution in [1.29, 1.82) is 0 Å². The molecule has 0 bridgehead atoms. The number of rotatable bonds is 4. The van der Waals surface area contributed by atoms with Crippen LogP contribution >= 0.6 is 0 Å². The Hall–Kier alpha value is -1.11. The molecule has 5 fully saturated rings. The lowest BCUT2D eigenvalue weighted by atomic mass is 9.35. The number of ether oxygens (including phenoxy) is 3. The molecule has 0 aromatic carbocycles. The zero-order valence-corrected chi connectivity index (χ0v) is 28.8. The molecule has 16 atom stereocenters. The lowest BCUT2D eigenvalue weighted by Crippen LogP contribution is -2.72. The van der Waals surface area contributed by atoms with Gasteiger partial charge < -0.3 is 44.8 Å². The summed E-state index contributed by atoms with van der Waals surface area (Å²) in [5.41, 5.74) is -0.902. The van der Waals surface area contributed by atoms with Crippen LogP contribution in [0.3, 0.4) is 0 Å². The van der Waals surface area contributed by atoms with Gasteiger partial charge in [0, 0.05) is 17.3 Å². The molecular formula is C36H58O10. The predicted molar refractivity (Wildman–Crippen MR) is 168 cm³/mol. The van der Waals surface area contributed by atoms with Gasteiger partial charge in [-0.05, 0) is 72.0 Å². The highest BCUT2D eigenvalue weighted by molar-refractivity contribution is 5.71. The van der Waals surface area contributed by atoms with Crippen LogP contribution in [0.5, 0.6) is 0 Å². The largest absolute Gasteiger partial charge is 0.461 e. The first-order chi connectivity index (χ1) is 21.3. The summed E-state index contributed by atoms with van der Waals surface area (Å²) in [5, 5.41) is 64.8. The minimum Gasteiger partial charge on any atom is -0.461 e. The van der Waals surface area contributed by atoms with E-state index >= 15 is 0 Å². The summed E-state index contributed by atoms with van der Waals surface area (Å²) in [6.07, 6.45) is -3.51. The molecule has 2 aliphatic heterocycles. The van der Waals surface area contributed by atoms with Crippen LogP contribution in [0.1, 0.15) is 93.9 Å². The van der Waals surface area contributed by atoms with Crippen molar-refractivity contribution in [3.63, 3.8) is 0 Å².